The van der Waals surface area contributed by atoms with Gasteiger partial charge in [0.2, 0.25) is 0 Å². The summed E-state index contributed by atoms with van der Waals surface area (Å²) in [7, 11) is 0. The lowest BCUT2D eigenvalue weighted by atomic mass is 10.2. The molecule has 0 unspecified atom stereocenters. The van der Waals surface area contributed by atoms with Crippen molar-refractivity contribution in [2.45, 2.75) is 11.4 Å². The van der Waals surface area contributed by atoms with Gasteiger partial charge < -0.3 is 5.32 Å². The first-order valence-corrected chi connectivity index (χ1v) is 7.12. The molecule has 1 N–H and O–H groups in total. The van der Waals surface area contributed by atoms with Gasteiger partial charge in [0.15, 0.2) is 0 Å². The molecule has 0 spiro atoms. The smallest absolute Gasteiger partial charge is 0.129 e. The molecule has 2 rings (SSSR count). The zero-order valence-corrected chi connectivity index (χ0v) is 11.5. The summed E-state index contributed by atoms with van der Waals surface area (Å²) < 4.78 is 13.5. The summed E-state index contributed by atoms with van der Waals surface area (Å²) in [6.45, 7) is 0.379. The third kappa shape index (κ3) is 3.18. The summed E-state index contributed by atoms with van der Waals surface area (Å²) in [4.78, 5) is 1.20. The number of rotatable bonds is 4. The lowest BCUT2D eigenvalue weighted by Gasteiger charge is -2.09. The first kappa shape index (κ1) is 13.2. The van der Waals surface area contributed by atoms with Gasteiger partial charge in [-0.3, -0.25) is 0 Å². The van der Waals surface area contributed by atoms with Gasteiger partial charge in [-0.1, -0.05) is 17.7 Å². The highest BCUT2D eigenvalue weighted by molar-refractivity contribution is 7.98. The molecule has 94 valence electrons. The van der Waals surface area contributed by atoms with Gasteiger partial charge in [-0.05, 0) is 42.7 Å². The van der Waals surface area contributed by atoms with Gasteiger partial charge in [0.1, 0.15) is 5.82 Å². The van der Waals surface area contributed by atoms with E-state index in [0.717, 1.165) is 5.69 Å². The Labute approximate surface area is 115 Å². The van der Waals surface area contributed by atoms with Crippen molar-refractivity contribution in [3.05, 3.63) is 58.9 Å². The van der Waals surface area contributed by atoms with Crippen LogP contribution in [0.4, 0.5) is 10.1 Å². The van der Waals surface area contributed by atoms with Crippen LogP contribution in [0, 0.1) is 5.82 Å². The fourth-order valence-electron chi connectivity index (χ4n) is 1.60. The molecule has 0 aliphatic carbocycles. The van der Waals surface area contributed by atoms with Crippen LogP contribution in [0.2, 0.25) is 5.02 Å². The molecule has 1 nitrogen and oxygen atoms in total. The number of anilines is 1. The van der Waals surface area contributed by atoms with Crippen molar-refractivity contribution in [1.82, 2.24) is 0 Å². The second-order valence-electron chi connectivity index (χ2n) is 3.78. The SMILES string of the molecule is CSc1ccc(NCc2c(F)cccc2Cl)cc1. The Morgan fingerprint density at radius 3 is 2.50 bits per heavy atom. The van der Waals surface area contributed by atoms with E-state index < -0.39 is 0 Å². The van der Waals surface area contributed by atoms with E-state index in [4.69, 9.17) is 11.6 Å². The van der Waals surface area contributed by atoms with E-state index in [1.165, 1.54) is 11.0 Å². The van der Waals surface area contributed by atoms with Gasteiger partial charge in [-0.25, -0.2) is 4.39 Å². The average Bonchev–Trinajstić information content (AvgIpc) is 2.39. The maximum absolute atomic E-state index is 13.5. The summed E-state index contributed by atoms with van der Waals surface area (Å²) in [5, 5.41) is 3.61. The second kappa shape index (κ2) is 6.12. The van der Waals surface area contributed by atoms with E-state index in [0.29, 0.717) is 17.1 Å². The lowest BCUT2D eigenvalue weighted by Crippen LogP contribution is -2.02. The lowest BCUT2D eigenvalue weighted by molar-refractivity contribution is 0.613. The predicted octanol–water partition coefficient (Wildman–Crippen LogP) is 4.81. The number of halogens is 2. The maximum Gasteiger partial charge on any atom is 0.129 e. The van der Waals surface area contributed by atoms with Crippen LogP contribution < -0.4 is 5.32 Å². The van der Waals surface area contributed by atoms with E-state index in [-0.39, 0.29) is 5.82 Å². The van der Waals surface area contributed by atoms with Crippen molar-refractivity contribution in [2.75, 3.05) is 11.6 Å². The van der Waals surface area contributed by atoms with Crippen LogP contribution in [0.3, 0.4) is 0 Å². The summed E-state index contributed by atoms with van der Waals surface area (Å²) in [6, 6.07) is 12.7. The van der Waals surface area contributed by atoms with E-state index in [9.17, 15) is 4.39 Å². The molecule has 0 aromatic heterocycles. The third-order valence-corrected chi connectivity index (χ3v) is 3.72. The van der Waals surface area contributed by atoms with E-state index in [2.05, 4.69) is 5.32 Å². The molecule has 0 saturated heterocycles. The number of hydrogen-bond donors (Lipinski definition) is 1. The highest BCUT2D eigenvalue weighted by Crippen LogP contribution is 2.21. The molecule has 0 bridgehead atoms. The summed E-state index contributed by atoms with van der Waals surface area (Å²) in [6.07, 6.45) is 2.03. The standard InChI is InChI=1S/C14H13ClFNS/c1-18-11-7-5-10(6-8-11)17-9-12-13(15)3-2-4-14(12)16/h2-8,17H,9H2,1H3. The van der Waals surface area contributed by atoms with E-state index in [1.807, 2.05) is 30.5 Å². The van der Waals surface area contributed by atoms with E-state index in [1.54, 1.807) is 23.9 Å². The predicted molar refractivity (Wildman–Crippen MR) is 77.0 cm³/mol. The van der Waals surface area contributed by atoms with Gasteiger partial charge in [0.25, 0.3) is 0 Å². The van der Waals surface area contributed by atoms with Gasteiger partial charge in [-0.15, -0.1) is 11.8 Å². The Morgan fingerprint density at radius 1 is 1.17 bits per heavy atom. The number of hydrogen-bond acceptors (Lipinski definition) is 2. The molecular weight excluding hydrogens is 269 g/mol. The molecule has 18 heavy (non-hydrogen) atoms. The minimum Gasteiger partial charge on any atom is -0.381 e. The highest BCUT2D eigenvalue weighted by atomic mass is 35.5. The topological polar surface area (TPSA) is 12.0 Å². The molecule has 0 heterocycles. The Balaban J connectivity index is 2.06. The number of nitrogens with one attached hydrogen (secondary N) is 1. The van der Waals surface area contributed by atoms with Crippen molar-refractivity contribution < 1.29 is 4.39 Å². The normalized spacial score (nSPS) is 10.4. The van der Waals surface area contributed by atoms with Crippen molar-refractivity contribution in [2.24, 2.45) is 0 Å². The Hall–Kier alpha value is -1.19. The van der Waals surface area contributed by atoms with Gasteiger partial charge >= 0.3 is 0 Å². The largest absolute Gasteiger partial charge is 0.381 e. The van der Waals surface area contributed by atoms with Gasteiger partial charge in [0.05, 0.1) is 0 Å². The second-order valence-corrected chi connectivity index (χ2v) is 5.07. The van der Waals surface area contributed by atoms with Crippen molar-refractivity contribution in [1.29, 1.82) is 0 Å². The molecule has 0 aliphatic heterocycles. The first-order chi connectivity index (χ1) is 8.70. The van der Waals surface area contributed by atoms with Crippen LogP contribution in [-0.4, -0.2) is 6.26 Å². The Bertz CT molecular complexity index is 508. The average molecular weight is 282 g/mol. The molecule has 2 aromatic rings. The van der Waals surface area contributed by atoms with Crippen LogP contribution >= 0.6 is 23.4 Å². The number of thioether (sulfide) groups is 1. The molecule has 0 fully saturated rings. The van der Waals surface area contributed by atoms with Crippen molar-refractivity contribution in [3.63, 3.8) is 0 Å². The monoisotopic (exact) mass is 281 g/mol. The quantitative estimate of drug-likeness (QED) is 0.807. The third-order valence-electron chi connectivity index (χ3n) is 2.62. The Morgan fingerprint density at radius 2 is 1.89 bits per heavy atom. The molecule has 0 amide bonds. The molecular formula is C14H13ClFNS. The zero-order chi connectivity index (χ0) is 13.0. The molecule has 0 atom stereocenters. The van der Waals surface area contributed by atoms with Crippen LogP contribution in [0.25, 0.3) is 0 Å². The minimum atomic E-state index is -0.282. The van der Waals surface area contributed by atoms with Crippen molar-refractivity contribution in [3.8, 4) is 0 Å². The Kier molecular flexibility index (Phi) is 4.50. The summed E-state index contributed by atoms with van der Waals surface area (Å²) in [5.74, 6) is -0.282. The summed E-state index contributed by atoms with van der Waals surface area (Å²) in [5.41, 5.74) is 1.44. The summed E-state index contributed by atoms with van der Waals surface area (Å²) >= 11 is 7.65. The fraction of sp³-hybridized carbons (Fsp3) is 0.143. The van der Waals surface area contributed by atoms with Crippen LogP contribution in [0.5, 0.6) is 0 Å². The molecule has 4 heteroatoms. The maximum atomic E-state index is 13.5. The zero-order valence-electron chi connectivity index (χ0n) is 9.91. The molecule has 0 aliphatic rings. The molecule has 2 aromatic carbocycles. The highest BCUT2D eigenvalue weighted by Gasteiger charge is 2.06. The fourth-order valence-corrected chi connectivity index (χ4v) is 2.24. The van der Waals surface area contributed by atoms with Crippen molar-refractivity contribution >= 4 is 29.1 Å². The van der Waals surface area contributed by atoms with Crippen LogP contribution in [-0.2, 0) is 6.54 Å². The van der Waals surface area contributed by atoms with Gasteiger partial charge in [-0.2, -0.15) is 0 Å². The van der Waals surface area contributed by atoms with E-state index >= 15 is 0 Å². The van der Waals surface area contributed by atoms with Crippen LogP contribution in [0.1, 0.15) is 5.56 Å². The molecule has 0 saturated carbocycles. The first-order valence-electron chi connectivity index (χ1n) is 5.51. The van der Waals surface area contributed by atoms with Crippen LogP contribution in [0.15, 0.2) is 47.4 Å². The van der Waals surface area contributed by atoms with Gasteiger partial charge in [0, 0.05) is 27.7 Å². The number of benzene rings is 2. The minimum absolute atomic E-state index is 0.282. The molecule has 0 radical (unpaired) electrons.